The van der Waals surface area contributed by atoms with Crippen LogP contribution in [0.4, 0.5) is 0 Å². The van der Waals surface area contributed by atoms with Crippen LogP contribution in [0.1, 0.15) is 39.8 Å². The van der Waals surface area contributed by atoms with Crippen molar-refractivity contribution in [1.29, 1.82) is 0 Å². The number of hydrogen-bond donors (Lipinski definition) is 0. The molecule has 0 saturated carbocycles. The molecule has 4 aromatic rings. The molecule has 8 nitrogen and oxygen atoms in total. The van der Waals surface area contributed by atoms with Gasteiger partial charge in [-0.2, -0.15) is 0 Å². The van der Waals surface area contributed by atoms with Crippen LogP contribution in [-0.4, -0.2) is 23.5 Å². The highest BCUT2D eigenvalue weighted by molar-refractivity contribution is 5.91. The van der Waals surface area contributed by atoms with Crippen LogP contribution in [0.3, 0.4) is 0 Å². The molecule has 0 saturated heterocycles. The monoisotopic (exact) mass is 459 g/mol. The van der Waals surface area contributed by atoms with Crippen LogP contribution in [0.25, 0.3) is 11.0 Å². The van der Waals surface area contributed by atoms with Crippen molar-refractivity contribution < 1.29 is 28.2 Å². The molecule has 2 aromatic heterocycles. The summed E-state index contributed by atoms with van der Waals surface area (Å²) in [6, 6.07) is 13.9. The molecule has 0 aliphatic carbocycles. The third-order valence-electron chi connectivity index (χ3n) is 4.86. The first kappa shape index (κ1) is 22.7. The van der Waals surface area contributed by atoms with Crippen molar-refractivity contribution in [2.24, 2.45) is 0 Å². The topological polar surface area (TPSA) is 105 Å². The summed E-state index contributed by atoms with van der Waals surface area (Å²) in [7, 11) is 0. The van der Waals surface area contributed by atoms with Crippen LogP contribution in [0.15, 0.2) is 76.2 Å². The Morgan fingerprint density at radius 1 is 0.912 bits per heavy atom. The quantitative estimate of drug-likeness (QED) is 0.278. The maximum absolute atomic E-state index is 13.0. The first-order chi connectivity index (χ1) is 16.5. The standard InChI is InChI=1S/C26H21NO7/c1-3-14-31-25(29)17-4-6-19(7-5-17)33-24-16(2)32-22-15-20(8-9-21(22)23(24)28)34-26(30)18-10-12-27-13-11-18/h4-13,15H,3,14H2,1-2H3. The van der Waals surface area contributed by atoms with Crippen LogP contribution >= 0.6 is 0 Å². The molecule has 0 atom stereocenters. The van der Waals surface area contributed by atoms with Crippen LogP contribution in [-0.2, 0) is 4.74 Å². The highest BCUT2D eigenvalue weighted by atomic mass is 16.5. The number of esters is 2. The van der Waals surface area contributed by atoms with Gasteiger partial charge in [-0.1, -0.05) is 6.92 Å². The minimum atomic E-state index is -0.553. The Kier molecular flexibility index (Phi) is 6.68. The highest BCUT2D eigenvalue weighted by Crippen LogP contribution is 2.28. The molecule has 0 aliphatic rings. The molecule has 0 fully saturated rings. The molecule has 172 valence electrons. The van der Waals surface area contributed by atoms with Crippen molar-refractivity contribution in [3.8, 4) is 17.2 Å². The third-order valence-corrected chi connectivity index (χ3v) is 4.86. The van der Waals surface area contributed by atoms with E-state index in [-0.39, 0.29) is 33.7 Å². The molecule has 0 N–H and O–H groups in total. The van der Waals surface area contributed by atoms with Crippen molar-refractivity contribution >= 4 is 22.9 Å². The van der Waals surface area contributed by atoms with Crippen LogP contribution in [0.2, 0.25) is 0 Å². The SMILES string of the molecule is CCCOC(=O)c1ccc(Oc2c(C)oc3cc(OC(=O)c4ccncc4)ccc3c2=O)cc1. The molecule has 2 aromatic carbocycles. The summed E-state index contributed by atoms with van der Waals surface area (Å²) in [5.41, 5.74) is 0.610. The van der Waals surface area contributed by atoms with Crippen LogP contribution < -0.4 is 14.9 Å². The Hall–Kier alpha value is -4.46. The van der Waals surface area contributed by atoms with Gasteiger partial charge >= 0.3 is 11.9 Å². The summed E-state index contributed by atoms with van der Waals surface area (Å²) in [5.74, 6) is -0.101. The number of nitrogens with zero attached hydrogens (tertiary/aromatic N) is 1. The Morgan fingerprint density at radius 3 is 2.29 bits per heavy atom. The second kappa shape index (κ2) is 9.99. The number of benzene rings is 2. The summed E-state index contributed by atoms with van der Waals surface area (Å²) < 4.78 is 22.0. The summed E-state index contributed by atoms with van der Waals surface area (Å²) >= 11 is 0. The molecule has 0 unspecified atom stereocenters. The average Bonchev–Trinajstić information content (AvgIpc) is 2.86. The largest absolute Gasteiger partial charge is 0.462 e. The minimum absolute atomic E-state index is 0.0235. The van der Waals surface area contributed by atoms with E-state index in [9.17, 15) is 14.4 Å². The van der Waals surface area contributed by atoms with Crippen molar-refractivity contribution in [3.63, 3.8) is 0 Å². The number of pyridine rings is 1. The van der Waals surface area contributed by atoms with Gasteiger partial charge in [-0.15, -0.1) is 0 Å². The van der Waals surface area contributed by atoms with Gasteiger partial charge in [0.1, 0.15) is 22.8 Å². The molecule has 0 amide bonds. The fraction of sp³-hybridized carbons (Fsp3) is 0.154. The van der Waals surface area contributed by atoms with E-state index in [0.717, 1.165) is 6.42 Å². The van der Waals surface area contributed by atoms with E-state index in [2.05, 4.69) is 4.98 Å². The average molecular weight is 459 g/mol. The maximum Gasteiger partial charge on any atom is 0.343 e. The summed E-state index contributed by atoms with van der Waals surface area (Å²) in [6.07, 6.45) is 3.72. The number of ether oxygens (including phenoxy) is 3. The number of hydrogen-bond acceptors (Lipinski definition) is 8. The van der Waals surface area contributed by atoms with E-state index in [4.69, 9.17) is 18.6 Å². The van der Waals surface area contributed by atoms with Crippen molar-refractivity contribution in [3.05, 3.63) is 94.1 Å². The number of aryl methyl sites for hydroxylation is 1. The van der Waals surface area contributed by atoms with Crippen LogP contribution in [0, 0.1) is 6.92 Å². The number of carbonyl (C=O) groups is 2. The van der Waals surface area contributed by atoms with Gasteiger partial charge in [-0.25, -0.2) is 9.59 Å². The third kappa shape index (κ3) is 4.96. The number of rotatable bonds is 7. The fourth-order valence-electron chi connectivity index (χ4n) is 3.16. The molecule has 0 bridgehead atoms. The van der Waals surface area contributed by atoms with Crippen molar-refractivity contribution in [2.75, 3.05) is 6.61 Å². The zero-order valence-corrected chi connectivity index (χ0v) is 18.6. The number of aromatic nitrogens is 1. The van der Waals surface area contributed by atoms with Gasteiger partial charge in [0, 0.05) is 18.5 Å². The van der Waals surface area contributed by atoms with E-state index in [1.165, 1.54) is 42.7 Å². The molecule has 2 heterocycles. The minimum Gasteiger partial charge on any atom is -0.462 e. The lowest BCUT2D eigenvalue weighted by molar-refractivity contribution is 0.0504. The number of carbonyl (C=O) groups excluding carboxylic acids is 2. The Bertz CT molecular complexity index is 1390. The van der Waals surface area contributed by atoms with E-state index in [1.807, 2.05) is 6.92 Å². The van der Waals surface area contributed by atoms with E-state index in [1.54, 1.807) is 31.2 Å². The molecule has 0 radical (unpaired) electrons. The highest BCUT2D eigenvalue weighted by Gasteiger charge is 2.16. The molecule has 0 aliphatic heterocycles. The molecular formula is C26H21NO7. The second-order valence-corrected chi connectivity index (χ2v) is 7.36. The lowest BCUT2D eigenvalue weighted by Crippen LogP contribution is -2.10. The van der Waals surface area contributed by atoms with E-state index >= 15 is 0 Å². The van der Waals surface area contributed by atoms with E-state index < -0.39 is 11.9 Å². The predicted molar refractivity (Wildman–Crippen MR) is 124 cm³/mol. The van der Waals surface area contributed by atoms with Gasteiger partial charge in [-0.3, -0.25) is 9.78 Å². The maximum atomic E-state index is 13.0. The molecular weight excluding hydrogens is 438 g/mol. The molecule has 8 heteroatoms. The lowest BCUT2D eigenvalue weighted by atomic mass is 10.2. The predicted octanol–water partition coefficient (Wildman–Crippen LogP) is 5.07. The molecule has 34 heavy (non-hydrogen) atoms. The molecule has 4 rings (SSSR count). The summed E-state index contributed by atoms with van der Waals surface area (Å²) in [4.78, 5) is 41.1. The summed E-state index contributed by atoms with van der Waals surface area (Å²) in [5, 5.41) is 0.268. The Balaban J connectivity index is 1.55. The van der Waals surface area contributed by atoms with Gasteiger partial charge in [0.05, 0.1) is 23.1 Å². The van der Waals surface area contributed by atoms with Crippen molar-refractivity contribution in [2.45, 2.75) is 20.3 Å². The fourth-order valence-corrected chi connectivity index (χ4v) is 3.16. The second-order valence-electron chi connectivity index (χ2n) is 7.36. The zero-order valence-electron chi connectivity index (χ0n) is 18.6. The van der Waals surface area contributed by atoms with Gasteiger partial charge < -0.3 is 18.6 Å². The van der Waals surface area contributed by atoms with Gasteiger partial charge in [0.2, 0.25) is 11.2 Å². The van der Waals surface area contributed by atoms with Gasteiger partial charge in [0.15, 0.2) is 0 Å². The van der Waals surface area contributed by atoms with Gasteiger partial charge in [-0.05, 0) is 61.9 Å². The van der Waals surface area contributed by atoms with Crippen LogP contribution in [0.5, 0.6) is 17.2 Å². The smallest absolute Gasteiger partial charge is 0.343 e. The van der Waals surface area contributed by atoms with E-state index in [0.29, 0.717) is 23.5 Å². The van der Waals surface area contributed by atoms with Gasteiger partial charge in [0.25, 0.3) is 0 Å². The number of fused-ring (bicyclic) bond motifs is 1. The molecule has 0 spiro atoms. The zero-order chi connectivity index (χ0) is 24.1. The summed E-state index contributed by atoms with van der Waals surface area (Å²) in [6.45, 7) is 3.86. The Labute approximate surface area is 194 Å². The van der Waals surface area contributed by atoms with Crippen molar-refractivity contribution in [1.82, 2.24) is 4.98 Å². The lowest BCUT2D eigenvalue weighted by Gasteiger charge is -2.10. The first-order valence-electron chi connectivity index (χ1n) is 10.6. The first-order valence-corrected chi connectivity index (χ1v) is 10.6. The normalized spacial score (nSPS) is 10.6. The Morgan fingerprint density at radius 2 is 1.59 bits per heavy atom.